The molecule has 0 spiro atoms. The Balaban J connectivity index is 2.16. The molecule has 1 heterocycles. The summed E-state index contributed by atoms with van der Waals surface area (Å²) in [6.07, 6.45) is 0.938. The third kappa shape index (κ3) is 2.52. The summed E-state index contributed by atoms with van der Waals surface area (Å²) in [7, 11) is 0. The Kier molecular flexibility index (Phi) is 3.30. The highest BCUT2D eigenvalue weighted by atomic mass is 127. The third-order valence-electron chi connectivity index (χ3n) is 2.38. The number of hydrogen-bond acceptors (Lipinski definition) is 3. The number of nitrogens with two attached hydrogens (primary N) is 1. The number of halogens is 2. The lowest BCUT2D eigenvalue weighted by Crippen LogP contribution is -2.19. The van der Waals surface area contributed by atoms with Crippen molar-refractivity contribution < 1.29 is 9.13 Å². The molecule has 5 heteroatoms. The molecule has 2 rings (SSSR count). The van der Waals surface area contributed by atoms with E-state index in [1.165, 1.54) is 6.07 Å². The minimum atomic E-state index is -0.244. The molecule has 15 heavy (non-hydrogen) atoms. The summed E-state index contributed by atoms with van der Waals surface area (Å²) in [5.41, 5.74) is 7.03. The van der Waals surface area contributed by atoms with E-state index in [1.807, 2.05) is 22.6 Å². The van der Waals surface area contributed by atoms with Crippen molar-refractivity contribution in [3.63, 3.8) is 0 Å². The highest BCUT2D eigenvalue weighted by Gasteiger charge is 2.16. The van der Waals surface area contributed by atoms with Crippen molar-refractivity contribution in [1.29, 1.82) is 0 Å². The van der Waals surface area contributed by atoms with Gasteiger partial charge in [0, 0.05) is 12.7 Å². The molecule has 1 aliphatic rings. The lowest BCUT2D eigenvalue weighted by molar-refractivity contribution is 0.195. The van der Waals surface area contributed by atoms with Gasteiger partial charge < -0.3 is 15.8 Å². The molecule has 0 amide bonds. The molecule has 1 atom stereocenters. The molecule has 0 bridgehead atoms. The molecule has 1 unspecified atom stereocenters. The molecule has 0 aliphatic carbocycles. The van der Waals surface area contributed by atoms with E-state index in [9.17, 15) is 4.39 Å². The van der Waals surface area contributed by atoms with Crippen LogP contribution in [0.5, 0.6) is 0 Å². The van der Waals surface area contributed by atoms with E-state index in [-0.39, 0.29) is 11.9 Å². The second-order valence-electron chi connectivity index (χ2n) is 3.56. The van der Waals surface area contributed by atoms with Crippen LogP contribution in [0.25, 0.3) is 0 Å². The van der Waals surface area contributed by atoms with Crippen molar-refractivity contribution in [3.05, 3.63) is 21.5 Å². The molecular formula is C10H12FIN2O. The van der Waals surface area contributed by atoms with Gasteiger partial charge in [0.15, 0.2) is 0 Å². The van der Waals surface area contributed by atoms with E-state index in [4.69, 9.17) is 10.5 Å². The zero-order valence-corrected chi connectivity index (χ0v) is 10.3. The van der Waals surface area contributed by atoms with Gasteiger partial charge in [-0.15, -0.1) is 0 Å². The van der Waals surface area contributed by atoms with Crippen LogP contribution >= 0.6 is 22.6 Å². The van der Waals surface area contributed by atoms with Crippen LogP contribution in [0.15, 0.2) is 12.1 Å². The predicted octanol–water partition coefficient (Wildman–Crippen LogP) is 2.21. The smallest absolute Gasteiger partial charge is 0.138 e. The Hall–Kier alpha value is -0.560. The standard InChI is InChI=1S/C10H12FIN2O/c11-7-3-10(9(13)4-8(7)12)14-6-1-2-15-5-6/h3-4,6,14H,1-2,5,13H2. The maximum atomic E-state index is 13.3. The quantitative estimate of drug-likeness (QED) is 0.648. The molecule has 82 valence electrons. The van der Waals surface area contributed by atoms with E-state index in [2.05, 4.69) is 5.32 Å². The fourth-order valence-electron chi connectivity index (χ4n) is 1.56. The average Bonchev–Trinajstić information content (AvgIpc) is 2.67. The minimum Gasteiger partial charge on any atom is -0.397 e. The first-order valence-electron chi connectivity index (χ1n) is 4.75. The number of benzene rings is 1. The van der Waals surface area contributed by atoms with Gasteiger partial charge in [0.25, 0.3) is 0 Å². The van der Waals surface area contributed by atoms with Crippen LogP contribution in [0.4, 0.5) is 15.8 Å². The summed E-state index contributed by atoms with van der Waals surface area (Å²) >= 11 is 1.92. The summed E-state index contributed by atoms with van der Waals surface area (Å²) in [4.78, 5) is 0. The number of rotatable bonds is 2. The Morgan fingerprint density at radius 1 is 1.53 bits per heavy atom. The highest BCUT2D eigenvalue weighted by Crippen LogP contribution is 2.25. The second-order valence-corrected chi connectivity index (χ2v) is 4.72. The minimum absolute atomic E-state index is 0.242. The van der Waals surface area contributed by atoms with Crippen molar-refractivity contribution in [1.82, 2.24) is 0 Å². The van der Waals surface area contributed by atoms with Crippen molar-refractivity contribution in [3.8, 4) is 0 Å². The summed E-state index contributed by atoms with van der Waals surface area (Å²) in [6.45, 7) is 1.41. The van der Waals surface area contributed by atoms with Crippen LogP contribution in [0.3, 0.4) is 0 Å². The highest BCUT2D eigenvalue weighted by molar-refractivity contribution is 14.1. The molecule has 1 aliphatic heterocycles. The normalized spacial score (nSPS) is 20.5. The van der Waals surface area contributed by atoms with E-state index in [1.54, 1.807) is 6.07 Å². The molecular weight excluding hydrogens is 310 g/mol. The molecule has 1 aromatic carbocycles. The average molecular weight is 322 g/mol. The topological polar surface area (TPSA) is 47.3 Å². The number of nitrogens with one attached hydrogen (secondary N) is 1. The van der Waals surface area contributed by atoms with Crippen LogP contribution in [0.1, 0.15) is 6.42 Å². The number of hydrogen-bond donors (Lipinski definition) is 2. The molecule has 1 aromatic rings. The maximum Gasteiger partial charge on any atom is 0.138 e. The van der Waals surface area contributed by atoms with E-state index in [0.29, 0.717) is 21.6 Å². The van der Waals surface area contributed by atoms with Gasteiger partial charge in [-0.3, -0.25) is 0 Å². The van der Waals surface area contributed by atoms with Crippen LogP contribution in [-0.4, -0.2) is 19.3 Å². The Bertz CT molecular complexity index is 367. The summed E-state index contributed by atoms with van der Waals surface area (Å²) in [5.74, 6) is -0.244. The van der Waals surface area contributed by atoms with Crippen LogP contribution < -0.4 is 11.1 Å². The van der Waals surface area contributed by atoms with Gasteiger partial charge in [-0.25, -0.2) is 4.39 Å². The van der Waals surface area contributed by atoms with E-state index >= 15 is 0 Å². The van der Waals surface area contributed by atoms with Gasteiger partial charge >= 0.3 is 0 Å². The van der Waals surface area contributed by atoms with Crippen molar-refractivity contribution >= 4 is 34.0 Å². The first kappa shape index (κ1) is 10.9. The maximum absolute atomic E-state index is 13.3. The van der Waals surface area contributed by atoms with Crippen molar-refractivity contribution in [2.45, 2.75) is 12.5 Å². The monoisotopic (exact) mass is 322 g/mol. The van der Waals surface area contributed by atoms with E-state index < -0.39 is 0 Å². The number of nitrogen functional groups attached to an aromatic ring is 1. The molecule has 0 radical (unpaired) electrons. The number of anilines is 2. The predicted molar refractivity (Wildman–Crippen MR) is 66.4 cm³/mol. The zero-order valence-electron chi connectivity index (χ0n) is 8.09. The van der Waals surface area contributed by atoms with Gasteiger partial charge in [0.1, 0.15) is 5.82 Å². The van der Waals surface area contributed by atoms with Crippen LogP contribution in [0.2, 0.25) is 0 Å². The third-order valence-corrected chi connectivity index (χ3v) is 3.21. The molecule has 1 saturated heterocycles. The largest absolute Gasteiger partial charge is 0.397 e. The van der Waals surface area contributed by atoms with Crippen molar-refractivity contribution in [2.24, 2.45) is 0 Å². The van der Waals surface area contributed by atoms with Crippen LogP contribution in [0, 0.1) is 9.39 Å². The Morgan fingerprint density at radius 3 is 3.00 bits per heavy atom. The molecule has 0 saturated carbocycles. The summed E-state index contributed by atoms with van der Waals surface area (Å²) in [5, 5.41) is 3.18. The van der Waals surface area contributed by atoms with E-state index in [0.717, 1.165) is 13.0 Å². The Labute approximate surface area is 101 Å². The molecule has 3 N–H and O–H groups in total. The van der Waals surface area contributed by atoms with Crippen molar-refractivity contribution in [2.75, 3.05) is 24.3 Å². The SMILES string of the molecule is Nc1cc(I)c(F)cc1NC1CCOC1. The number of ether oxygens (including phenoxy) is 1. The molecule has 0 aromatic heterocycles. The first-order valence-corrected chi connectivity index (χ1v) is 5.83. The summed E-state index contributed by atoms with van der Waals surface area (Å²) in [6, 6.07) is 3.32. The fraction of sp³-hybridized carbons (Fsp3) is 0.400. The lowest BCUT2D eigenvalue weighted by atomic mass is 10.2. The molecule has 1 fully saturated rings. The summed E-state index contributed by atoms with van der Waals surface area (Å²) < 4.78 is 19.1. The second kappa shape index (κ2) is 4.52. The Morgan fingerprint density at radius 2 is 2.33 bits per heavy atom. The molecule has 3 nitrogen and oxygen atoms in total. The van der Waals surface area contributed by atoms with Gasteiger partial charge in [-0.2, -0.15) is 0 Å². The lowest BCUT2D eigenvalue weighted by Gasteiger charge is -2.14. The fourth-order valence-corrected chi connectivity index (χ4v) is 2.05. The van der Waals surface area contributed by atoms with Crippen LogP contribution in [-0.2, 0) is 4.74 Å². The van der Waals surface area contributed by atoms with Gasteiger partial charge in [-0.05, 0) is 35.1 Å². The van der Waals surface area contributed by atoms with Gasteiger partial charge in [0.05, 0.1) is 27.6 Å². The van der Waals surface area contributed by atoms with Gasteiger partial charge in [-0.1, -0.05) is 0 Å². The zero-order chi connectivity index (χ0) is 10.8. The first-order chi connectivity index (χ1) is 7.16. The van der Waals surface area contributed by atoms with Gasteiger partial charge in [0.2, 0.25) is 0 Å².